The molecule has 2 fully saturated rings. The van der Waals surface area contributed by atoms with Crippen molar-refractivity contribution in [2.24, 2.45) is 5.92 Å². The molecule has 2 N–H and O–H groups in total. The Morgan fingerprint density at radius 1 is 1.17 bits per heavy atom. The third kappa shape index (κ3) is 3.70. The molecule has 1 heterocycles. The lowest BCUT2D eigenvalue weighted by molar-refractivity contribution is -0.135. The first kappa shape index (κ1) is 13.3. The van der Waals surface area contributed by atoms with Crippen LogP contribution in [-0.2, 0) is 9.59 Å². The fourth-order valence-electron chi connectivity index (χ4n) is 2.42. The Morgan fingerprint density at radius 2 is 1.83 bits per heavy atom. The number of likely N-dealkylation sites (tertiary alicyclic amines) is 1. The van der Waals surface area contributed by atoms with E-state index in [1.807, 2.05) is 4.90 Å². The average Bonchev–Trinajstić information content (AvgIpc) is 3.22. The van der Waals surface area contributed by atoms with Gasteiger partial charge < -0.3 is 15.5 Å². The Morgan fingerprint density at radius 3 is 2.39 bits per heavy atom. The van der Waals surface area contributed by atoms with E-state index in [4.69, 9.17) is 0 Å². The Bertz CT molecular complexity index is 307. The lowest BCUT2D eigenvalue weighted by Gasteiger charge is -2.31. The van der Waals surface area contributed by atoms with Gasteiger partial charge in [-0.25, -0.2) is 0 Å². The number of nitrogens with one attached hydrogen (secondary N) is 2. The lowest BCUT2D eigenvalue weighted by atomic mass is 9.96. The zero-order valence-electron chi connectivity index (χ0n) is 11.1. The van der Waals surface area contributed by atoms with E-state index < -0.39 is 0 Å². The molecule has 0 aromatic carbocycles. The molecule has 0 radical (unpaired) electrons. The van der Waals surface area contributed by atoms with Crippen LogP contribution < -0.4 is 10.6 Å². The summed E-state index contributed by atoms with van der Waals surface area (Å²) in [6.07, 6.45) is 4.68. The van der Waals surface area contributed by atoms with Crippen LogP contribution in [0.4, 0.5) is 0 Å². The number of nitrogens with zero attached hydrogens (tertiary/aromatic N) is 1. The summed E-state index contributed by atoms with van der Waals surface area (Å²) in [6.45, 7) is 2.24. The van der Waals surface area contributed by atoms with Crippen molar-refractivity contribution in [2.75, 3.05) is 26.7 Å². The topological polar surface area (TPSA) is 61.4 Å². The van der Waals surface area contributed by atoms with Gasteiger partial charge in [0.2, 0.25) is 11.8 Å². The van der Waals surface area contributed by atoms with Crippen LogP contribution in [0.5, 0.6) is 0 Å². The quantitative estimate of drug-likeness (QED) is 0.731. The van der Waals surface area contributed by atoms with E-state index in [0.717, 1.165) is 32.5 Å². The molecule has 102 valence electrons. The largest absolute Gasteiger partial charge is 0.359 e. The van der Waals surface area contributed by atoms with Crippen LogP contribution in [-0.4, -0.2) is 49.4 Å². The summed E-state index contributed by atoms with van der Waals surface area (Å²) in [5.74, 6) is 0.416. The second-order valence-electron chi connectivity index (χ2n) is 5.25. The number of piperidine rings is 1. The summed E-state index contributed by atoms with van der Waals surface area (Å²) in [5, 5.41) is 6.03. The third-order valence-electron chi connectivity index (χ3n) is 3.81. The summed E-state index contributed by atoms with van der Waals surface area (Å²) >= 11 is 0. The molecule has 2 aliphatic rings. The summed E-state index contributed by atoms with van der Waals surface area (Å²) in [4.78, 5) is 25.3. The minimum Gasteiger partial charge on any atom is -0.359 e. The number of carbonyl (C=O) groups excluding carboxylic acids is 2. The van der Waals surface area contributed by atoms with Crippen molar-refractivity contribution in [2.45, 2.75) is 38.1 Å². The van der Waals surface area contributed by atoms with E-state index in [1.54, 1.807) is 7.05 Å². The fraction of sp³-hybridized carbons (Fsp3) is 0.846. The van der Waals surface area contributed by atoms with E-state index in [9.17, 15) is 9.59 Å². The van der Waals surface area contributed by atoms with Crippen molar-refractivity contribution in [3.63, 3.8) is 0 Å². The monoisotopic (exact) mass is 253 g/mol. The Balaban J connectivity index is 1.64. The maximum atomic E-state index is 11.9. The van der Waals surface area contributed by atoms with Crippen molar-refractivity contribution in [1.82, 2.24) is 15.5 Å². The molecule has 1 saturated heterocycles. The van der Waals surface area contributed by atoms with E-state index in [-0.39, 0.29) is 17.7 Å². The molecule has 0 atom stereocenters. The van der Waals surface area contributed by atoms with Crippen LogP contribution >= 0.6 is 0 Å². The first-order valence-corrected chi connectivity index (χ1v) is 6.93. The summed E-state index contributed by atoms with van der Waals surface area (Å²) in [5.41, 5.74) is 0. The molecule has 0 bridgehead atoms. The number of rotatable bonds is 5. The maximum Gasteiger partial charge on any atom is 0.223 e. The van der Waals surface area contributed by atoms with Gasteiger partial charge in [-0.1, -0.05) is 0 Å². The van der Waals surface area contributed by atoms with Gasteiger partial charge in [0.05, 0.1) is 0 Å². The van der Waals surface area contributed by atoms with E-state index in [0.29, 0.717) is 12.5 Å². The average molecular weight is 253 g/mol. The predicted octanol–water partition coefficient (Wildman–Crippen LogP) is 0.113. The van der Waals surface area contributed by atoms with Gasteiger partial charge in [-0.15, -0.1) is 0 Å². The highest BCUT2D eigenvalue weighted by molar-refractivity contribution is 5.79. The minimum absolute atomic E-state index is 0.0867. The first-order valence-electron chi connectivity index (χ1n) is 6.93. The summed E-state index contributed by atoms with van der Waals surface area (Å²) in [7, 11) is 1.67. The maximum absolute atomic E-state index is 11.9. The van der Waals surface area contributed by atoms with Gasteiger partial charge in [0.25, 0.3) is 0 Å². The predicted molar refractivity (Wildman–Crippen MR) is 69.0 cm³/mol. The highest BCUT2D eigenvalue weighted by atomic mass is 16.2. The molecule has 5 heteroatoms. The Labute approximate surface area is 108 Å². The molecule has 0 unspecified atom stereocenters. The van der Waals surface area contributed by atoms with Crippen LogP contribution in [0.2, 0.25) is 0 Å². The molecule has 1 aliphatic carbocycles. The molecule has 0 spiro atoms. The second-order valence-corrected chi connectivity index (χ2v) is 5.25. The highest BCUT2D eigenvalue weighted by Crippen LogP contribution is 2.19. The molecule has 0 aromatic heterocycles. The van der Waals surface area contributed by atoms with Gasteiger partial charge in [0.1, 0.15) is 0 Å². The SMILES string of the molecule is CNC(=O)C1CCN(C(=O)CCNC2CC2)CC1. The van der Waals surface area contributed by atoms with E-state index in [1.165, 1.54) is 12.8 Å². The second kappa shape index (κ2) is 6.18. The van der Waals surface area contributed by atoms with E-state index in [2.05, 4.69) is 10.6 Å². The molecule has 5 nitrogen and oxygen atoms in total. The molecule has 1 aliphatic heterocycles. The van der Waals surface area contributed by atoms with Crippen LogP contribution in [0.25, 0.3) is 0 Å². The summed E-state index contributed by atoms with van der Waals surface area (Å²) in [6, 6.07) is 0.664. The first-order chi connectivity index (χ1) is 8.70. The van der Waals surface area contributed by atoms with Gasteiger partial charge in [-0.3, -0.25) is 9.59 Å². The highest BCUT2D eigenvalue weighted by Gasteiger charge is 2.26. The molecular weight excluding hydrogens is 230 g/mol. The molecule has 0 aromatic rings. The van der Waals surface area contributed by atoms with Gasteiger partial charge in [0, 0.05) is 45.1 Å². The van der Waals surface area contributed by atoms with Gasteiger partial charge in [0.15, 0.2) is 0 Å². The molecular formula is C13H23N3O2. The Hall–Kier alpha value is -1.10. The van der Waals surface area contributed by atoms with Gasteiger partial charge in [-0.2, -0.15) is 0 Å². The minimum atomic E-state index is 0.0867. The van der Waals surface area contributed by atoms with Crippen molar-refractivity contribution in [3.05, 3.63) is 0 Å². The van der Waals surface area contributed by atoms with E-state index >= 15 is 0 Å². The number of carbonyl (C=O) groups is 2. The van der Waals surface area contributed by atoms with Crippen LogP contribution in [0.1, 0.15) is 32.1 Å². The molecule has 2 rings (SSSR count). The number of hydrogen-bond acceptors (Lipinski definition) is 3. The standard InChI is InChI=1S/C13H23N3O2/c1-14-13(18)10-5-8-16(9-6-10)12(17)4-7-15-11-2-3-11/h10-11,15H,2-9H2,1H3,(H,14,18). The Kier molecular flexibility index (Phi) is 4.58. The van der Waals surface area contributed by atoms with Crippen molar-refractivity contribution in [3.8, 4) is 0 Å². The third-order valence-corrected chi connectivity index (χ3v) is 3.81. The molecule has 2 amide bonds. The van der Waals surface area contributed by atoms with Crippen LogP contribution in [0.3, 0.4) is 0 Å². The molecule has 18 heavy (non-hydrogen) atoms. The normalized spacial score (nSPS) is 20.8. The van der Waals surface area contributed by atoms with Crippen molar-refractivity contribution < 1.29 is 9.59 Å². The smallest absolute Gasteiger partial charge is 0.223 e. The van der Waals surface area contributed by atoms with Gasteiger partial charge in [-0.05, 0) is 25.7 Å². The van der Waals surface area contributed by atoms with Gasteiger partial charge >= 0.3 is 0 Å². The molecule has 1 saturated carbocycles. The van der Waals surface area contributed by atoms with Crippen molar-refractivity contribution in [1.29, 1.82) is 0 Å². The summed E-state index contributed by atoms with van der Waals surface area (Å²) < 4.78 is 0. The number of hydrogen-bond donors (Lipinski definition) is 2. The van der Waals surface area contributed by atoms with Crippen molar-refractivity contribution >= 4 is 11.8 Å². The fourth-order valence-corrected chi connectivity index (χ4v) is 2.42. The zero-order valence-corrected chi connectivity index (χ0v) is 11.1. The lowest BCUT2D eigenvalue weighted by Crippen LogP contribution is -2.43. The van der Waals surface area contributed by atoms with Crippen LogP contribution in [0.15, 0.2) is 0 Å². The number of amides is 2. The van der Waals surface area contributed by atoms with Crippen LogP contribution in [0, 0.1) is 5.92 Å². The zero-order chi connectivity index (χ0) is 13.0.